The fraction of sp³-hybridized carbons (Fsp3) is 0.455. The maximum atomic E-state index is 12.8. The second kappa shape index (κ2) is 4.65. The molecule has 0 unspecified atom stereocenters. The predicted molar refractivity (Wildman–Crippen MR) is 63.8 cm³/mol. The van der Waals surface area contributed by atoms with Gasteiger partial charge >= 0.3 is 58.4 Å². The largest absolute Gasteiger partial charge is 1.00 e. The minimum absolute atomic E-state index is 0. The molecule has 4 rings (SSSR count). The van der Waals surface area contributed by atoms with E-state index in [1.807, 2.05) is 0 Å². The summed E-state index contributed by atoms with van der Waals surface area (Å²) >= 11 is 12.1. The Morgan fingerprint density at radius 3 is 1.83 bits per heavy atom. The number of hydrogen-bond donors (Lipinski definition) is 0. The molecule has 0 saturated heterocycles. The van der Waals surface area contributed by atoms with E-state index in [0.29, 0.717) is 15.6 Å². The quantitative estimate of drug-likeness (QED) is 0.732. The van der Waals surface area contributed by atoms with Gasteiger partial charge in [0, 0.05) is 10.0 Å². The van der Waals surface area contributed by atoms with Crippen LogP contribution in [0.2, 0.25) is 15.4 Å². The molecule has 0 aromatic heterocycles. The molecule has 18 heavy (non-hydrogen) atoms. The van der Waals surface area contributed by atoms with Crippen LogP contribution in [0.4, 0.5) is 12.9 Å². The molecular weight excluding hydrogens is 310 g/mol. The van der Waals surface area contributed by atoms with Crippen molar-refractivity contribution in [3.05, 3.63) is 33.8 Å². The number of halogens is 5. The maximum absolute atomic E-state index is 12.8. The Labute approximate surface area is 156 Å². The van der Waals surface area contributed by atoms with E-state index in [-0.39, 0.29) is 70.6 Å². The van der Waals surface area contributed by atoms with Gasteiger partial charge < -0.3 is 12.9 Å². The van der Waals surface area contributed by atoms with Crippen molar-refractivity contribution >= 4 is 30.2 Å². The van der Waals surface area contributed by atoms with Crippen molar-refractivity contribution < 1.29 is 64.3 Å². The molecule has 0 amide bonds. The van der Waals surface area contributed by atoms with Crippen molar-refractivity contribution in [1.82, 2.24) is 0 Å². The van der Waals surface area contributed by atoms with E-state index in [9.17, 15) is 12.9 Å². The first-order valence-electron chi connectivity index (χ1n) is 5.44. The minimum Gasteiger partial charge on any atom is -0.449 e. The molecule has 0 N–H and O–H groups in total. The van der Waals surface area contributed by atoms with E-state index in [1.54, 1.807) is 18.2 Å². The summed E-state index contributed by atoms with van der Waals surface area (Å²) in [5, 5.41) is -0.427. The molecule has 1 aromatic rings. The van der Waals surface area contributed by atoms with E-state index in [2.05, 4.69) is 0 Å². The zero-order valence-corrected chi connectivity index (χ0v) is 14.5. The van der Waals surface area contributed by atoms with Gasteiger partial charge in [0.1, 0.15) is 0 Å². The van der Waals surface area contributed by atoms with Crippen molar-refractivity contribution in [2.45, 2.75) is 30.0 Å². The molecule has 3 aliphatic rings. The second-order valence-electron chi connectivity index (χ2n) is 5.34. The normalized spacial score (nSPS) is 33.2. The smallest absolute Gasteiger partial charge is 0.449 e. The van der Waals surface area contributed by atoms with Gasteiger partial charge in [0.25, 0.3) is 0 Å². The monoisotopic (exact) mass is 318 g/mol. The first-order valence-corrected chi connectivity index (χ1v) is 6.19. The molecule has 0 nitrogen and oxygen atoms in total. The third kappa shape index (κ3) is 1.97. The second-order valence-corrected chi connectivity index (χ2v) is 6.16. The van der Waals surface area contributed by atoms with Gasteiger partial charge in [0.05, 0.1) is 0 Å². The van der Waals surface area contributed by atoms with Crippen molar-refractivity contribution in [2.24, 2.45) is 0 Å². The first-order chi connectivity index (χ1) is 7.80. The molecular formula is C11H9BCl2F3K. The summed E-state index contributed by atoms with van der Waals surface area (Å²) in [4.78, 5) is 0. The molecule has 0 aliphatic heterocycles. The van der Waals surface area contributed by atoms with Crippen molar-refractivity contribution in [1.29, 1.82) is 0 Å². The summed E-state index contributed by atoms with van der Waals surface area (Å²) in [7, 11) is 0. The van der Waals surface area contributed by atoms with Crippen LogP contribution < -0.4 is 51.4 Å². The van der Waals surface area contributed by atoms with Gasteiger partial charge in [0.2, 0.25) is 0 Å². The van der Waals surface area contributed by atoms with E-state index in [0.717, 1.165) is 0 Å². The van der Waals surface area contributed by atoms with E-state index >= 15 is 0 Å². The van der Waals surface area contributed by atoms with Crippen molar-refractivity contribution in [2.75, 3.05) is 0 Å². The molecule has 92 valence electrons. The van der Waals surface area contributed by atoms with Gasteiger partial charge in [-0.1, -0.05) is 53.8 Å². The molecule has 0 spiro atoms. The average Bonchev–Trinajstić information content (AvgIpc) is 2.03. The Balaban J connectivity index is 0.00000120. The molecule has 0 radical (unpaired) electrons. The molecule has 7 heteroatoms. The van der Waals surface area contributed by atoms with Crippen LogP contribution in [-0.4, -0.2) is 6.98 Å². The van der Waals surface area contributed by atoms with Gasteiger partial charge in [-0.25, -0.2) is 0 Å². The Hall–Kier alpha value is 1.29. The molecule has 0 atom stereocenters. The predicted octanol–water partition coefficient (Wildman–Crippen LogP) is 2.02. The summed E-state index contributed by atoms with van der Waals surface area (Å²) in [5.41, 5.74) is 0.303. The van der Waals surface area contributed by atoms with Gasteiger partial charge in [-0.15, -0.1) is 0 Å². The minimum atomic E-state index is -4.74. The Morgan fingerprint density at radius 2 is 1.44 bits per heavy atom. The number of rotatable bonds is 2. The van der Waals surface area contributed by atoms with E-state index < -0.39 is 17.7 Å². The Morgan fingerprint density at radius 1 is 1.00 bits per heavy atom. The van der Waals surface area contributed by atoms with Crippen molar-refractivity contribution in [3.8, 4) is 0 Å². The van der Waals surface area contributed by atoms with Gasteiger partial charge in [-0.2, -0.15) is 0 Å². The van der Waals surface area contributed by atoms with Gasteiger partial charge in [-0.05, 0) is 23.1 Å². The third-order valence-corrected chi connectivity index (χ3v) is 4.89. The van der Waals surface area contributed by atoms with Crippen LogP contribution in [0, 0.1) is 0 Å². The summed E-state index contributed by atoms with van der Waals surface area (Å²) in [6.07, 6.45) is 0.479. The van der Waals surface area contributed by atoms with Crippen LogP contribution in [0.25, 0.3) is 0 Å². The first kappa shape index (κ1) is 15.7. The summed E-state index contributed by atoms with van der Waals surface area (Å²) in [6.45, 7) is -4.74. The fourth-order valence-electron chi connectivity index (χ4n) is 3.48. The van der Waals surface area contributed by atoms with Gasteiger partial charge in [-0.3, -0.25) is 0 Å². The topological polar surface area (TPSA) is 0 Å². The zero-order chi connectivity index (χ0) is 12.5. The molecule has 2 bridgehead atoms. The molecule has 3 saturated carbocycles. The van der Waals surface area contributed by atoms with E-state index in [4.69, 9.17) is 23.2 Å². The van der Waals surface area contributed by atoms with Crippen LogP contribution in [0.5, 0.6) is 0 Å². The fourth-order valence-corrected chi connectivity index (χ4v) is 4.28. The summed E-state index contributed by atoms with van der Waals surface area (Å²) in [6, 6.07) is 5.09. The standard InChI is InChI=1S/C11H9BCl2F3.K/c13-7-2-1-3-8(14)9(7)10-4-11(5-10,6-10)12(15,16)17;/h1-3H,4-6H2;/q-1;+1. The average molecular weight is 319 g/mol. The SMILES string of the molecule is F[B-](F)(F)C12CC(c3c(Cl)cccc3Cl)(C1)C2.[K+]. The van der Waals surface area contributed by atoms with Crippen LogP contribution in [0.3, 0.4) is 0 Å². The van der Waals surface area contributed by atoms with Crippen LogP contribution in [0.1, 0.15) is 24.8 Å². The Bertz CT molecular complexity index is 464. The third-order valence-electron chi connectivity index (χ3n) is 4.26. The summed E-state index contributed by atoms with van der Waals surface area (Å²) < 4.78 is 38.4. The molecule has 0 heterocycles. The van der Waals surface area contributed by atoms with Crippen LogP contribution in [0.15, 0.2) is 18.2 Å². The Kier molecular flexibility index (Phi) is 4.05. The van der Waals surface area contributed by atoms with Crippen molar-refractivity contribution in [3.63, 3.8) is 0 Å². The molecule has 3 aliphatic carbocycles. The number of benzene rings is 1. The molecule has 3 fully saturated rings. The molecule has 1 aromatic carbocycles. The van der Waals surface area contributed by atoms with E-state index in [1.165, 1.54) is 0 Å². The zero-order valence-electron chi connectivity index (χ0n) is 9.82. The van der Waals surface area contributed by atoms with Crippen LogP contribution >= 0.6 is 23.2 Å². The maximum Gasteiger partial charge on any atom is 1.00 e. The number of hydrogen-bond acceptors (Lipinski definition) is 0. The van der Waals surface area contributed by atoms with Crippen LogP contribution in [-0.2, 0) is 5.41 Å². The van der Waals surface area contributed by atoms with Gasteiger partial charge in [0.15, 0.2) is 0 Å². The summed E-state index contributed by atoms with van der Waals surface area (Å²) in [5.74, 6) is 0.